The van der Waals surface area contributed by atoms with E-state index in [2.05, 4.69) is 15.3 Å². The molecule has 1 aromatic carbocycles. The van der Waals surface area contributed by atoms with Crippen LogP contribution in [0.5, 0.6) is 0 Å². The van der Waals surface area contributed by atoms with Gasteiger partial charge in [0.1, 0.15) is 5.82 Å². The zero-order valence-electron chi connectivity index (χ0n) is 12.9. The summed E-state index contributed by atoms with van der Waals surface area (Å²) in [5.41, 5.74) is 2.94. The SMILES string of the molecule is Cc1ccc(-c2nccn2C(=O)NCCc2ccccc2)cn1. The normalized spacial score (nSPS) is 10.5. The number of aromatic nitrogens is 3. The molecule has 1 N–H and O–H groups in total. The Labute approximate surface area is 135 Å². The maximum atomic E-state index is 12.3. The Morgan fingerprint density at radius 1 is 1.13 bits per heavy atom. The molecule has 5 nitrogen and oxygen atoms in total. The van der Waals surface area contributed by atoms with Crippen molar-refractivity contribution in [1.29, 1.82) is 0 Å². The molecule has 23 heavy (non-hydrogen) atoms. The molecule has 0 fully saturated rings. The van der Waals surface area contributed by atoms with Gasteiger partial charge in [0.15, 0.2) is 0 Å². The molecule has 2 aromatic heterocycles. The molecule has 116 valence electrons. The van der Waals surface area contributed by atoms with Crippen molar-refractivity contribution in [1.82, 2.24) is 19.9 Å². The summed E-state index contributed by atoms with van der Waals surface area (Å²) < 4.78 is 1.51. The van der Waals surface area contributed by atoms with Crippen LogP contribution in [0.25, 0.3) is 11.4 Å². The predicted molar refractivity (Wildman–Crippen MR) is 89.1 cm³/mol. The lowest BCUT2D eigenvalue weighted by Gasteiger charge is -2.09. The average Bonchev–Trinajstić information content (AvgIpc) is 3.06. The molecular formula is C18H18N4O. The number of aryl methyl sites for hydroxylation is 1. The van der Waals surface area contributed by atoms with Crippen LogP contribution in [0.1, 0.15) is 11.3 Å². The Morgan fingerprint density at radius 3 is 2.70 bits per heavy atom. The maximum Gasteiger partial charge on any atom is 0.327 e. The number of hydrogen-bond donors (Lipinski definition) is 1. The first kappa shape index (κ1) is 15.0. The molecule has 0 radical (unpaired) electrons. The highest BCUT2D eigenvalue weighted by atomic mass is 16.2. The molecule has 2 heterocycles. The lowest BCUT2D eigenvalue weighted by molar-refractivity contribution is 0.243. The van der Waals surface area contributed by atoms with Gasteiger partial charge in [0.2, 0.25) is 0 Å². The van der Waals surface area contributed by atoms with Gasteiger partial charge in [-0.2, -0.15) is 0 Å². The molecule has 0 aliphatic carbocycles. The molecule has 3 aromatic rings. The van der Waals surface area contributed by atoms with Gasteiger partial charge in [0.05, 0.1) is 0 Å². The molecule has 0 unspecified atom stereocenters. The van der Waals surface area contributed by atoms with E-state index < -0.39 is 0 Å². The summed E-state index contributed by atoms with van der Waals surface area (Å²) in [6.07, 6.45) is 5.80. The van der Waals surface area contributed by atoms with Gasteiger partial charge in [-0.3, -0.25) is 9.55 Å². The van der Waals surface area contributed by atoms with Gasteiger partial charge in [-0.05, 0) is 31.0 Å². The zero-order valence-corrected chi connectivity index (χ0v) is 12.9. The Hall–Kier alpha value is -2.95. The highest BCUT2D eigenvalue weighted by Gasteiger charge is 2.12. The largest absolute Gasteiger partial charge is 0.337 e. The predicted octanol–water partition coefficient (Wildman–Crippen LogP) is 3.05. The average molecular weight is 306 g/mol. The maximum absolute atomic E-state index is 12.3. The van der Waals surface area contributed by atoms with E-state index in [1.807, 2.05) is 49.4 Å². The Bertz CT molecular complexity index is 778. The lowest BCUT2D eigenvalue weighted by Crippen LogP contribution is -2.30. The van der Waals surface area contributed by atoms with E-state index in [-0.39, 0.29) is 6.03 Å². The third kappa shape index (κ3) is 3.63. The van der Waals surface area contributed by atoms with Crippen molar-refractivity contribution < 1.29 is 4.79 Å². The highest BCUT2D eigenvalue weighted by molar-refractivity contribution is 5.81. The number of imidazole rings is 1. The zero-order chi connectivity index (χ0) is 16.1. The molecule has 0 saturated heterocycles. The molecule has 0 saturated carbocycles. The van der Waals surface area contributed by atoms with Gasteiger partial charge in [-0.15, -0.1) is 0 Å². The van der Waals surface area contributed by atoms with Gasteiger partial charge in [-0.1, -0.05) is 30.3 Å². The van der Waals surface area contributed by atoms with E-state index in [9.17, 15) is 4.79 Å². The fraction of sp³-hybridized carbons (Fsp3) is 0.167. The molecule has 0 aliphatic rings. The van der Waals surface area contributed by atoms with E-state index in [4.69, 9.17) is 0 Å². The minimum atomic E-state index is -0.186. The fourth-order valence-electron chi connectivity index (χ4n) is 2.32. The highest BCUT2D eigenvalue weighted by Crippen LogP contribution is 2.16. The second-order valence-corrected chi connectivity index (χ2v) is 5.28. The van der Waals surface area contributed by atoms with Crippen molar-refractivity contribution in [3.05, 3.63) is 72.3 Å². The third-order valence-electron chi connectivity index (χ3n) is 3.56. The first-order valence-corrected chi connectivity index (χ1v) is 7.52. The molecule has 5 heteroatoms. The minimum absolute atomic E-state index is 0.186. The van der Waals surface area contributed by atoms with Crippen LogP contribution in [0.3, 0.4) is 0 Å². The number of nitrogens with one attached hydrogen (secondary N) is 1. The van der Waals surface area contributed by atoms with Gasteiger partial charge in [-0.25, -0.2) is 9.78 Å². The van der Waals surface area contributed by atoms with Gasteiger partial charge in [0, 0.05) is 36.4 Å². The van der Waals surface area contributed by atoms with Gasteiger partial charge >= 0.3 is 6.03 Å². The number of rotatable bonds is 4. The number of hydrogen-bond acceptors (Lipinski definition) is 3. The number of carbonyl (C=O) groups excluding carboxylic acids is 1. The third-order valence-corrected chi connectivity index (χ3v) is 3.56. The molecule has 3 rings (SSSR count). The summed E-state index contributed by atoms with van der Waals surface area (Å²) >= 11 is 0. The number of benzene rings is 1. The minimum Gasteiger partial charge on any atom is -0.337 e. The number of nitrogens with zero attached hydrogens (tertiary/aromatic N) is 3. The number of pyridine rings is 1. The summed E-state index contributed by atoms with van der Waals surface area (Å²) in [5, 5.41) is 2.92. The quantitative estimate of drug-likeness (QED) is 0.806. The summed E-state index contributed by atoms with van der Waals surface area (Å²) in [6, 6.07) is 13.7. The van der Waals surface area contributed by atoms with Crippen LogP contribution < -0.4 is 5.32 Å². The van der Waals surface area contributed by atoms with Crippen LogP contribution in [-0.4, -0.2) is 27.1 Å². The van der Waals surface area contributed by atoms with E-state index >= 15 is 0 Å². The fourth-order valence-corrected chi connectivity index (χ4v) is 2.32. The first-order valence-electron chi connectivity index (χ1n) is 7.52. The second kappa shape index (κ2) is 6.87. The van der Waals surface area contributed by atoms with Crippen LogP contribution in [0.4, 0.5) is 4.79 Å². The lowest BCUT2D eigenvalue weighted by atomic mass is 10.1. The monoisotopic (exact) mass is 306 g/mol. The van der Waals surface area contributed by atoms with E-state index in [1.165, 1.54) is 10.1 Å². The van der Waals surface area contributed by atoms with Crippen molar-refractivity contribution in [3.8, 4) is 11.4 Å². The summed E-state index contributed by atoms with van der Waals surface area (Å²) in [7, 11) is 0. The Balaban J connectivity index is 1.66. The molecule has 0 atom stereocenters. The van der Waals surface area contributed by atoms with Crippen LogP contribution in [0.15, 0.2) is 61.1 Å². The van der Waals surface area contributed by atoms with E-state index in [0.717, 1.165) is 17.7 Å². The summed E-state index contributed by atoms with van der Waals surface area (Å²) in [5.74, 6) is 0.592. The van der Waals surface area contributed by atoms with Crippen molar-refractivity contribution in [2.45, 2.75) is 13.3 Å². The number of amides is 1. The molecule has 0 aliphatic heterocycles. The van der Waals surface area contributed by atoms with Crippen LogP contribution in [0, 0.1) is 6.92 Å². The van der Waals surface area contributed by atoms with Crippen molar-refractivity contribution in [2.24, 2.45) is 0 Å². The molecule has 0 bridgehead atoms. The van der Waals surface area contributed by atoms with Crippen molar-refractivity contribution >= 4 is 6.03 Å². The van der Waals surface area contributed by atoms with Crippen LogP contribution in [-0.2, 0) is 6.42 Å². The van der Waals surface area contributed by atoms with E-state index in [1.54, 1.807) is 18.6 Å². The summed E-state index contributed by atoms with van der Waals surface area (Å²) in [4.78, 5) is 20.9. The van der Waals surface area contributed by atoms with Crippen LogP contribution in [0.2, 0.25) is 0 Å². The van der Waals surface area contributed by atoms with Gasteiger partial charge < -0.3 is 5.32 Å². The second-order valence-electron chi connectivity index (χ2n) is 5.28. The first-order chi connectivity index (χ1) is 11.2. The summed E-state index contributed by atoms with van der Waals surface area (Å²) in [6.45, 7) is 2.50. The smallest absolute Gasteiger partial charge is 0.327 e. The van der Waals surface area contributed by atoms with Crippen molar-refractivity contribution in [3.63, 3.8) is 0 Å². The topological polar surface area (TPSA) is 59.8 Å². The molecule has 0 spiro atoms. The van der Waals surface area contributed by atoms with E-state index in [0.29, 0.717) is 12.4 Å². The molecule has 1 amide bonds. The van der Waals surface area contributed by atoms with Gasteiger partial charge in [0.25, 0.3) is 0 Å². The van der Waals surface area contributed by atoms with Crippen molar-refractivity contribution in [2.75, 3.05) is 6.54 Å². The molecular weight excluding hydrogens is 288 g/mol. The Kier molecular flexibility index (Phi) is 4.47. The Morgan fingerprint density at radius 2 is 1.96 bits per heavy atom. The number of carbonyl (C=O) groups is 1. The standard InChI is InChI=1S/C18H18N4O/c1-14-7-8-16(13-21-14)17-19-11-12-22(17)18(23)20-10-9-15-5-3-2-4-6-15/h2-8,11-13H,9-10H2,1H3,(H,20,23). The van der Waals surface area contributed by atoms with Crippen LogP contribution >= 0.6 is 0 Å².